The van der Waals surface area contributed by atoms with Crippen molar-refractivity contribution in [2.75, 3.05) is 19.7 Å². The Balaban J connectivity index is 1.86. The van der Waals surface area contributed by atoms with Crippen LogP contribution in [0.4, 0.5) is 4.39 Å². The highest BCUT2D eigenvalue weighted by atomic mass is 79.9. The van der Waals surface area contributed by atoms with Crippen molar-refractivity contribution in [2.24, 2.45) is 11.7 Å². The number of esters is 1. The van der Waals surface area contributed by atoms with Crippen LogP contribution in [0.2, 0.25) is 0 Å². The van der Waals surface area contributed by atoms with Crippen molar-refractivity contribution in [3.05, 3.63) is 34.1 Å². The van der Waals surface area contributed by atoms with Crippen LogP contribution in [-0.2, 0) is 14.3 Å². The largest absolute Gasteiger partial charge is 0.452 e. The first kappa shape index (κ1) is 17.4. The Morgan fingerprint density at radius 3 is 2.57 bits per heavy atom. The van der Waals surface area contributed by atoms with E-state index in [1.54, 1.807) is 0 Å². The van der Waals surface area contributed by atoms with Crippen LogP contribution in [0.1, 0.15) is 23.2 Å². The van der Waals surface area contributed by atoms with Crippen molar-refractivity contribution in [3.8, 4) is 0 Å². The van der Waals surface area contributed by atoms with Crippen LogP contribution in [0.5, 0.6) is 0 Å². The van der Waals surface area contributed by atoms with Crippen LogP contribution >= 0.6 is 15.9 Å². The molecule has 0 spiro atoms. The molecular formula is C15H16BrFN2O4. The summed E-state index contributed by atoms with van der Waals surface area (Å²) in [5.74, 6) is -2.28. The number of nitrogens with two attached hydrogens (primary N) is 1. The molecule has 0 saturated carbocycles. The summed E-state index contributed by atoms with van der Waals surface area (Å²) >= 11 is 3.13. The number of amides is 2. The lowest BCUT2D eigenvalue weighted by Crippen LogP contribution is -2.43. The molecule has 1 fully saturated rings. The van der Waals surface area contributed by atoms with Crippen molar-refractivity contribution in [3.63, 3.8) is 0 Å². The molecule has 1 heterocycles. The highest BCUT2D eigenvalue weighted by molar-refractivity contribution is 9.10. The summed E-state index contributed by atoms with van der Waals surface area (Å²) < 4.78 is 18.5. The third kappa shape index (κ3) is 4.51. The number of carbonyl (C=O) groups is 3. The summed E-state index contributed by atoms with van der Waals surface area (Å²) in [7, 11) is 0. The molecule has 23 heavy (non-hydrogen) atoms. The Bertz CT molecular complexity index is 630. The molecule has 1 aliphatic rings. The van der Waals surface area contributed by atoms with Gasteiger partial charge < -0.3 is 15.4 Å². The first-order chi connectivity index (χ1) is 10.9. The molecule has 2 amide bonds. The molecule has 1 aliphatic heterocycles. The number of nitrogens with zero attached hydrogens (tertiary/aromatic N) is 1. The predicted molar refractivity (Wildman–Crippen MR) is 82.9 cm³/mol. The van der Waals surface area contributed by atoms with Gasteiger partial charge in [-0.1, -0.05) is 0 Å². The van der Waals surface area contributed by atoms with Crippen molar-refractivity contribution in [1.82, 2.24) is 4.90 Å². The van der Waals surface area contributed by atoms with Gasteiger partial charge in [-0.2, -0.15) is 0 Å². The standard InChI is InChI=1S/C15H16BrFN2O4/c16-12-2-1-10(17)7-11(12)15(22)23-8-13(20)19-5-3-9(4-6-19)14(18)21/h1-2,7,9H,3-6,8H2,(H2,18,21). The average molecular weight is 387 g/mol. The van der Waals surface area contributed by atoms with Crippen LogP contribution in [0.3, 0.4) is 0 Å². The van der Waals surface area contributed by atoms with Crippen LogP contribution in [-0.4, -0.2) is 42.4 Å². The second-order valence-corrected chi connectivity index (χ2v) is 6.11. The fourth-order valence-electron chi connectivity index (χ4n) is 2.36. The normalized spacial score (nSPS) is 15.3. The van der Waals surface area contributed by atoms with Gasteiger partial charge in [0.05, 0.1) is 5.56 Å². The van der Waals surface area contributed by atoms with Crippen molar-refractivity contribution in [2.45, 2.75) is 12.8 Å². The van der Waals surface area contributed by atoms with Crippen LogP contribution < -0.4 is 5.73 Å². The number of likely N-dealkylation sites (tertiary alicyclic amines) is 1. The molecule has 0 aliphatic carbocycles. The van der Waals surface area contributed by atoms with Crippen LogP contribution in [0, 0.1) is 11.7 Å². The maximum Gasteiger partial charge on any atom is 0.339 e. The van der Waals surface area contributed by atoms with Crippen molar-refractivity contribution < 1.29 is 23.5 Å². The van der Waals surface area contributed by atoms with E-state index in [0.29, 0.717) is 30.4 Å². The van der Waals surface area contributed by atoms with E-state index in [1.165, 1.54) is 17.0 Å². The zero-order valence-corrected chi connectivity index (χ0v) is 13.8. The number of benzene rings is 1. The number of rotatable bonds is 4. The van der Waals surface area contributed by atoms with Gasteiger partial charge in [-0.3, -0.25) is 9.59 Å². The lowest BCUT2D eigenvalue weighted by atomic mass is 9.96. The third-order valence-electron chi connectivity index (χ3n) is 3.73. The zero-order valence-electron chi connectivity index (χ0n) is 12.3. The van der Waals surface area contributed by atoms with Gasteiger partial charge >= 0.3 is 5.97 Å². The van der Waals surface area contributed by atoms with Gasteiger partial charge in [0.2, 0.25) is 5.91 Å². The molecule has 6 nitrogen and oxygen atoms in total. The van der Waals surface area contributed by atoms with Gasteiger partial charge in [0, 0.05) is 23.5 Å². The van der Waals surface area contributed by atoms with E-state index in [2.05, 4.69) is 15.9 Å². The summed E-state index contributed by atoms with van der Waals surface area (Å²) in [6, 6.07) is 3.63. The first-order valence-electron chi connectivity index (χ1n) is 7.07. The molecule has 2 N–H and O–H groups in total. The number of hydrogen-bond acceptors (Lipinski definition) is 4. The minimum Gasteiger partial charge on any atom is -0.452 e. The quantitative estimate of drug-likeness (QED) is 0.793. The molecule has 0 unspecified atom stereocenters. The Hall–Kier alpha value is -1.96. The highest BCUT2D eigenvalue weighted by Gasteiger charge is 2.26. The molecule has 1 saturated heterocycles. The smallest absolute Gasteiger partial charge is 0.339 e. The minimum atomic E-state index is -0.781. The van der Waals surface area contributed by atoms with Crippen molar-refractivity contribution in [1.29, 1.82) is 0 Å². The summed E-state index contributed by atoms with van der Waals surface area (Å²) in [6.45, 7) is 0.365. The van der Waals surface area contributed by atoms with E-state index in [9.17, 15) is 18.8 Å². The van der Waals surface area contributed by atoms with Gasteiger partial charge in [-0.25, -0.2) is 9.18 Å². The topological polar surface area (TPSA) is 89.7 Å². The van der Waals surface area contributed by atoms with E-state index in [4.69, 9.17) is 10.5 Å². The third-order valence-corrected chi connectivity index (χ3v) is 4.42. The van der Waals surface area contributed by atoms with E-state index in [1.807, 2.05) is 0 Å². The second-order valence-electron chi connectivity index (χ2n) is 5.26. The molecule has 2 rings (SSSR count). The monoisotopic (exact) mass is 386 g/mol. The van der Waals surface area contributed by atoms with E-state index < -0.39 is 18.4 Å². The predicted octanol–water partition coefficient (Wildman–Crippen LogP) is 1.47. The Kier molecular flexibility index (Phi) is 5.70. The lowest BCUT2D eigenvalue weighted by molar-refractivity contribution is -0.137. The molecule has 124 valence electrons. The SMILES string of the molecule is NC(=O)C1CCN(C(=O)COC(=O)c2cc(F)ccc2Br)CC1. The summed E-state index contributed by atoms with van der Waals surface area (Å²) in [6.07, 6.45) is 1.01. The molecule has 0 atom stereocenters. The average Bonchev–Trinajstić information content (AvgIpc) is 2.54. The first-order valence-corrected chi connectivity index (χ1v) is 7.87. The second kappa shape index (κ2) is 7.54. The number of carbonyl (C=O) groups excluding carboxylic acids is 3. The lowest BCUT2D eigenvalue weighted by Gasteiger charge is -2.30. The van der Waals surface area contributed by atoms with Gasteiger partial charge in [0.25, 0.3) is 5.91 Å². The molecule has 8 heteroatoms. The number of piperidine rings is 1. The summed E-state index contributed by atoms with van der Waals surface area (Å²) in [5.41, 5.74) is 5.25. The zero-order chi connectivity index (χ0) is 17.0. The molecule has 0 aromatic heterocycles. The summed E-state index contributed by atoms with van der Waals surface area (Å²) in [4.78, 5) is 36.5. The fraction of sp³-hybridized carbons (Fsp3) is 0.400. The Morgan fingerprint density at radius 1 is 1.30 bits per heavy atom. The van der Waals surface area contributed by atoms with Crippen LogP contribution in [0.15, 0.2) is 22.7 Å². The maximum absolute atomic E-state index is 13.2. The van der Waals surface area contributed by atoms with E-state index in [0.717, 1.165) is 6.07 Å². The minimum absolute atomic E-state index is 0.0187. The number of primary amides is 1. The molecule has 1 aromatic rings. The van der Waals surface area contributed by atoms with E-state index in [-0.39, 0.29) is 23.3 Å². The summed E-state index contributed by atoms with van der Waals surface area (Å²) in [5, 5.41) is 0. The van der Waals surface area contributed by atoms with Gasteiger partial charge in [-0.05, 0) is 47.0 Å². The van der Waals surface area contributed by atoms with Gasteiger partial charge in [-0.15, -0.1) is 0 Å². The number of ether oxygens (including phenoxy) is 1. The number of halogens is 2. The molecular weight excluding hydrogens is 371 g/mol. The highest BCUT2D eigenvalue weighted by Crippen LogP contribution is 2.19. The van der Waals surface area contributed by atoms with Gasteiger partial charge in [0.1, 0.15) is 5.82 Å². The van der Waals surface area contributed by atoms with Crippen molar-refractivity contribution >= 4 is 33.7 Å². The molecule has 0 radical (unpaired) electrons. The fourth-order valence-corrected chi connectivity index (χ4v) is 2.77. The molecule has 0 bridgehead atoms. The number of hydrogen-bond donors (Lipinski definition) is 1. The molecule has 1 aromatic carbocycles. The maximum atomic E-state index is 13.2. The van der Waals surface area contributed by atoms with E-state index >= 15 is 0 Å². The van der Waals surface area contributed by atoms with Gasteiger partial charge in [0.15, 0.2) is 6.61 Å². The van der Waals surface area contributed by atoms with Crippen LogP contribution in [0.25, 0.3) is 0 Å². The Morgan fingerprint density at radius 2 is 1.96 bits per heavy atom. The Labute approximate surface area is 140 Å².